The topological polar surface area (TPSA) is 44.9 Å². The van der Waals surface area contributed by atoms with Crippen molar-refractivity contribution in [3.63, 3.8) is 0 Å². The van der Waals surface area contributed by atoms with Gasteiger partial charge in [0.1, 0.15) is 0 Å². The van der Waals surface area contributed by atoms with E-state index in [4.69, 9.17) is 5.41 Å². The van der Waals surface area contributed by atoms with Gasteiger partial charge in [-0.1, -0.05) is 0 Å². The lowest BCUT2D eigenvalue weighted by Gasteiger charge is -2.11. The molecule has 4 nitrogen and oxygen atoms in total. The van der Waals surface area contributed by atoms with E-state index in [1.165, 1.54) is 4.68 Å². The lowest BCUT2D eigenvalue weighted by molar-refractivity contribution is 0.576. The van der Waals surface area contributed by atoms with Crippen LogP contribution in [0.3, 0.4) is 0 Å². The normalized spacial score (nSPS) is 8.55. The van der Waals surface area contributed by atoms with Crippen molar-refractivity contribution < 1.29 is 0 Å². The van der Waals surface area contributed by atoms with Gasteiger partial charge in [0, 0.05) is 26.5 Å². The Kier molecular flexibility index (Phi) is 3.60. The molecule has 0 aliphatic carbocycles. The van der Waals surface area contributed by atoms with Crippen LogP contribution in [0.25, 0.3) is 0 Å². The predicted octanol–water partition coefficient (Wildman–Crippen LogP) is 0.649. The first-order valence-electron chi connectivity index (χ1n) is 2.97. The predicted molar refractivity (Wildman–Crippen MR) is 46.3 cm³/mol. The second kappa shape index (κ2) is 3.98. The van der Waals surface area contributed by atoms with E-state index in [1.54, 1.807) is 23.4 Å². The minimum Gasteiger partial charge on any atom is -0.347 e. The monoisotopic (exact) mass is 174 g/mol. The second-order valence-electron chi connectivity index (χ2n) is 2.17. The lowest BCUT2D eigenvalue weighted by atomic mass is 10.7. The van der Waals surface area contributed by atoms with E-state index in [0.717, 1.165) is 0 Å². The highest BCUT2D eigenvalue weighted by Crippen LogP contribution is 1.85. The van der Waals surface area contributed by atoms with Gasteiger partial charge in [-0.05, 0) is 6.07 Å². The molecular formula is C6H11ClN4. The molecule has 0 saturated heterocycles. The zero-order valence-electron chi connectivity index (χ0n) is 6.48. The summed E-state index contributed by atoms with van der Waals surface area (Å²) >= 11 is 0. The van der Waals surface area contributed by atoms with Gasteiger partial charge in [-0.15, -0.1) is 12.4 Å². The maximum atomic E-state index is 7.43. The summed E-state index contributed by atoms with van der Waals surface area (Å²) in [6.45, 7) is 0. The summed E-state index contributed by atoms with van der Waals surface area (Å²) in [6.07, 6.45) is 3.39. The van der Waals surface area contributed by atoms with Crippen LogP contribution in [-0.4, -0.2) is 34.7 Å². The summed E-state index contributed by atoms with van der Waals surface area (Å²) in [5, 5.41) is 11.3. The van der Waals surface area contributed by atoms with E-state index >= 15 is 0 Å². The smallest absolute Gasteiger partial charge is 0.218 e. The fourth-order valence-electron chi connectivity index (χ4n) is 0.599. The maximum Gasteiger partial charge on any atom is 0.218 e. The summed E-state index contributed by atoms with van der Waals surface area (Å²) in [6, 6.07) is 1.79. The molecule has 0 bridgehead atoms. The van der Waals surface area contributed by atoms with Crippen molar-refractivity contribution >= 4 is 18.4 Å². The van der Waals surface area contributed by atoms with Crippen LogP contribution in [-0.2, 0) is 0 Å². The van der Waals surface area contributed by atoms with Crippen LogP contribution in [0.15, 0.2) is 18.5 Å². The van der Waals surface area contributed by atoms with Gasteiger partial charge in [0.05, 0.1) is 0 Å². The SMILES string of the molecule is CN(C)C(=N)n1cccn1.Cl. The number of hydrogen-bond donors (Lipinski definition) is 1. The molecule has 1 N–H and O–H groups in total. The Morgan fingerprint density at radius 1 is 1.55 bits per heavy atom. The first kappa shape index (κ1) is 9.97. The third-order valence-corrected chi connectivity index (χ3v) is 1.15. The molecule has 0 aromatic carbocycles. The van der Waals surface area contributed by atoms with Crippen molar-refractivity contribution in [1.29, 1.82) is 5.41 Å². The largest absolute Gasteiger partial charge is 0.347 e. The van der Waals surface area contributed by atoms with Crippen LogP contribution >= 0.6 is 12.4 Å². The van der Waals surface area contributed by atoms with Gasteiger partial charge in [0.2, 0.25) is 5.96 Å². The molecule has 0 aliphatic rings. The van der Waals surface area contributed by atoms with Crippen LogP contribution in [0.1, 0.15) is 0 Å². The molecule has 0 atom stereocenters. The molecule has 1 heterocycles. The molecule has 0 fully saturated rings. The minimum absolute atomic E-state index is 0. The Bertz CT molecular complexity index is 216. The molecule has 0 unspecified atom stereocenters. The van der Waals surface area contributed by atoms with Crippen LogP contribution in [0.5, 0.6) is 0 Å². The molecule has 0 aliphatic heterocycles. The number of hydrogen-bond acceptors (Lipinski definition) is 2. The van der Waals surface area contributed by atoms with Gasteiger partial charge in [0.15, 0.2) is 0 Å². The highest BCUT2D eigenvalue weighted by Gasteiger charge is 1.99. The molecule has 1 rings (SSSR count). The Labute approximate surface area is 71.7 Å². The molecule has 0 radical (unpaired) electrons. The molecule has 0 amide bonds. The van der Waals surface area contributed by atoms with E-state index in [-0.39, 0.29) is 12.4 Å². The fraction of sp³-hybridized carbons (Fsp3) is 0.333. The zero-order chi connectivity index (χ0) is 7.56. The van der Waals surface area contributed by atoms with E-state index < -0.39 is 0 Å². The number of halogens is 1. The fourth-order valence-corrected chi connectivity index (χ4v) is 0.599. The van der Waals surface area contributed by atoms with Crippen molar-refractivity contribution in [2.75, 3.05) is 14.1 Å². The minimum atomic E-state index is 0. The summed E-state index contributed by atoms with van der Waals surface area (Å²) in [4.78, 5) is 1.69. The van der Waals surface area contributed by atoms with E-state index in [9.17, 15) is 0 Å². The molecule has 0 spiro atoms. The van der Waals surface area contributed by atoms with Gasteiger partial charge < -0.3 is 4.90 Å². The Morgan fingerprint density at radius 3 is 2.55 bits per heavy atom. The highest BCUT2D eigenvalue weighted by atomic mass is 35.5. The maximum absolute atomic E-state index is 7.43. The van der Waals surface area contributed by atoms with Crippen molar-refractivity contribution in [2.45, 2.75) is 0 Å². The van der Waals surface area contributed by atoms with Gasteiger partial charge in [-0.3, -0.25) is 5.41 Å². The molecule has 62 valence electrons. The summed E-state index contributed by atoms with van der Waals surface area (Å²) in [7, 11) is 3.62. The Balaban J connectivity index is 0.000001000. The van der Waals surface area contributed by atoms with Crippen LogP contribution in [0.2, 0.25) is 0 Å². The van der Waals surface area contributed by atoms with E-state index in [0.29, 0.717) is 5.96 Å². The Hall–Kier alpha value is -1.03. The summed E-state index contributed by atoms with van der Waals surface area (Å²) in [5.74, 6) is 0.366. The molecule has 11 heavy (non-hydrogen) atoms. The second-order valence-corrected chi connectivity index (χ2v) is 2.17. The van der Waals surface area contributed by atoms with Crippen molar-refractivity contribution in [1.82, 2.24) is 14.7 Å². The molecule has 1 aromatic rings. The van der Waals surface area contributed by atoms with Gasteiger partial charge >= 0.3 is 0 Å². The van der Waals surface area contributed by atoms with E-state index in [1.807, 2.05) is 14.1 Å². The number of rotatable bonds is 0. The van der Waals surface area contributed by atoms with E-state index in [2.05, 4.69) is 5.10 Å². The standard InChI is InChI=1S/C6H10N4.ClH/c1-9(2)6(7)10-5-3-4-8-10;/h3-5,7H,1-2H3;1H. The average Bonchev–Trinajstić information content (AvgIpc) is 2.36. The first-order chi connectivity index (χ1) is 4.72. The quantitative estimate of drug-likeness (QED) is 0.464. The van der Waals surface area contributed by atoms with Crippen LogP contribution in [0.4, 0.5) is 0 Å². The Morgan fingerprint density at radius 2 is 2.18 bits per heavy atom. The van der Waals surface area contributed by atoms with Gasteiger partial charge in [0.25, 0.3) is 0 Å². The van der Waals surface area contributed by atoms with Crippen LogP contribution in [0, 0.1) is 5.41 Å². The lowest BCUT2D eigenvalue weighted by Crippen LogP contribution is -2.28. The molecule has 1 aromatic heterocycles. The molecular weight excluding hydrogens is 164 g/mol. The number of nitrogens with one attached hydrogen (secondary N) is 1. The van der Waals surface area contributed by atoms with Gasteiger partial charge in [-0.2, -0.15) is 5.10 Å². The molecule has 0 saturated carbocycles. The zero-order valence-corrected chi connectivity index (χ0v) is 7.30. The highest BCUT2D eigenvalue weighted by molar-refractivity contribution is 5.85. The average molecular weight is 175 g/mol. The number of aromatic nitrogens is 2. The number of nitrogens with zero attached hydrogens (tertiary/aromatic N) is 3. The van der Waals surface area contributed by atoms with Gasteiger partial charge in [-0.25, -0.2) is 4.68 Å². The van der Waals surface area contributed by atoms with Crippen molar-refractivity contribution in [3.8, 4) is 0 Å². The summed E-state index contributed by atoms with van der Waals surface area (Å²) in [5.41, 5.74) is 0. The molecule has 5 heteroatoms. The first-order valence-corrected chi connectivity index (χ1v) is 2.97. The van der Waals surface area contributed by atoms with Crippen molar-refractivity contribution in [3.05, 3.63) is 18.5 Å². The summed E-state index contributed by atoms with van der Waals surface area (Å²) < 4.78 is 1.50. The third-order valence-electron chi connectivity index (χ3n) is 1.15. The van der Waals surface area contributed by atoms with Crippen molar-refractivity contribution in [2.24, 2.45) is 0 Å². The van der Waals surface area contributed by atoms with Crippen LogP contribution < -0.4 is 0 Å². The third kappa shape index (κ3) is 2.23.